The second-order valence-corrected chi connectivity index (χ2v) is 6.49. The van der Waals surface area contributed by atoms with Gasteiger partial charge >= 0.3 is 0 Å². The van der Waals surface area contributed by atoms with E-state index >= 15 is 0 Å². The molecule has 5 rings (SSSR count). The third kappa shape index (κ3) is 1.86. The van der Waals surface area contributed by atoms with E-state index in [0.717, 1.165) is 42.4 Å². The summed E-state index contributed by atoms with van der Waals surface area (Å²) in [4.78, 5) is 11.4. The number of ether oxygens (including phenoxy) is 2. The van der Waals surface area contributed by atoms with E-state index in [4.69, 9.17) is 15.2 Å². The highest BCUT2D eigenvalue weighted by molar-refractivity contribution is 6.01. The quantitative estimate of drug-likeness (QED) is 0.777. The maximum Gasteiger partial charge on any atom is 0.217 e. The highest BCUT2D eigenvalue weighted by Crippen LogP contribution is 2.44. The van der Waals surface area contributed by atoms with Gasteiger partial charge in [-0.3, -0.25) is 0 Å². The maximum atomic E-state index is 6.18. The molecule has 0 aliphatic carbocycles. The fourth-order valence-corrected chi connectivity index (χ4v) is 4.11. The summed E-state index contributed by atoms with van der Waals surface area (Å²) in [5.74, 6) is 2.90. The molecule has 0 radical (unpaired) electrons. The Morgan fingerprint density at radius 1 is 1.43 bits per heavy atom. The van der Waals surface area contributed by atoms with Gasteiger partial charge in [-0.1, -0.05) is 0 Å². The number of guanidine groups is 1. The minimum absolute atomic E-state index is 0.139. The smallest absolute Gasteiger partial charge is 0.217 e. The Labute approximate surface area is 134 Å². The van der Waals surface area contributed by atoms with E-state index in [-0.39, 0.29) is 12.1 Å². The van der Waals surface area contributed by atoms with E-state index in [1.54, 1.807) is 7.11 Å². The first-order valence-corrected chi connectivity index (χ1v) is 7.99. The van der Waals surface area contributed by atoms with E-state index in [2.05, 4.69) is 20.2 Å². The number of fused-ring (bicyclic) bond motifs is 5. The molecule has 2 bridgehead atoms. The Morgan fingerprint density at radius 2 is 2.35 bits per heavy atom. The minimum Gasteiger partial charge on any atom is -0.497 e. The number of benzene rings is 1. The summed E-state index contributed by atoms with van der Waals surface area (Å²) in [6.07, 6.45) is 0.970. The SMILES string of the molecule is COc1ccc2c(c1)C1N=C(N)N=C(N3CC4CC3CN4)C1O2. The maximum absolute atomic E-state index is 6.18. The first-order valence-electron chi connectivity index (χ1n) is 7.99. The van der Waals surface area contributed by atoms with Gasteiger partial charge in [0.05, 0.1) is 7.11 Å². The molecule has 1 aromatic carbocycles. The average molecular weight is 313 g/mol. The number of aliphatic imine (C=N–C) groups is 2. The van der Waals surface area contributed by atoms with Gasteiger partial charge in [0.15, 0.2) is 11.9 Å². The zero-order valence-corrected chi connectivity index (χ0v) is 12.9. The summed E-state index contributed by atoms with van der Waals surface area (Å²) in [7, 11) is 1.66. The van der Waals surface area contributed by atoms with Crippen molar-refractivity contribution in [2.45, 2.75) is 30.7 Å². The van der Waals surface area contributed by atoms with Gasteiger partial charge in [0.1, 0.15) is 17.5 Å². The molecule has 7 heteroatoms. The largest absolute Gasteiger partial charge is 0.497 e. The number of methoxy groups -OCH3 is 1. The van der Waals surface area contributed by atoms with Crippen molar-refractivity contribution < 1.29 is 9.47 Å². The van der Waals surface area contributed by atoms with Crippen molar-refractivity contribution in [3.8, 4) is 11.5 Å². The number of piperazine rings is 1. The summed E-state index contributed by atoms with van der Waals surface area (Å²) < 4.78 is 11.5. The molecule has 4 atom stereocenters. The molecule has 4 aliphatic rings. The molecule has 4 heterocycles. The van der Waals surface area contributed by atoms with Gasteiger partial charge < -0.3 is 25.4 Å². The van der Waals surface area contributed by atoms with Gasteiger partial charge in [-0.05, 0) is 24.6 Å². The van der Waals surface area contributed by atoms with Crippen LogP contribution in [-0.4, -0.2) is 55.1 Å². The van der Waals surface area contributed by atoms with Crippen LogP contribution in [0.1, 0.15) is 18.0 Å². The fourth-order valence-electron chi connectivity index (χ4n) is 4.11. The van der Waals surface area contributed by atoms with Crippen LogP contribution >= 0.6 is 0 Å². The molecule has 23 heavy (non-hydrogen) atoms. The van der Waals surface area contributed by atoms with Gasteiger partial charge in [0, 0.05) is 30.7 Å². The molecule has 2 saturated heterocycles. The number of nitrogens with zero attached hydrogens (tertiary/aromatic N) is 3. The van der Waals surface area contributed by atoms with Crippen LogP contribution in [0.4, 0.5) is 0 Å². The Kier molecular flexibility index (Phi) is 2.64. The number of rotatable bonds is 1. The standard InChI is InChI=1S/C16H19N5O2/c1-22-10-2-3-12-11(5-10)13-14(23-12)15(20-16(17)19-13)21-7-8-4-9(21)6-18-8/h2-3,5,8-9,13-14,18H,4,6-7H2,1H3,(H2,17,19). The lowest BCUT2D eigenvalue weighted by molar-refractivity contribution is 0.234. The number of likely N-dealkylation sites (tertiary alicyclic amines) is 1. The predicted octanol–water partition coefficient (Wildman–Crippen LogP) is 0.270. The molecule has 0 spiro atoms. The molecule has 3 N–H and O–H groups in total. The van der Waals surface area contributed by atoms with Crippen LogP contribution < -0.4 is 20.5 Å². The number of hydrogen-bond acceptors (Lipinski definition) is 7. The second-order valence-electron chi connectivity index (χ2n) is 6.49. The summed E-state index contributed by atoms with van der Waals surface area (Å²) >= 11 is 0. The number of amidine groups is 1. The lowest BCUT2D eigenvalue weighted by Crippen LogP contribution is -2.53. The lowest BCUT2D eigenvalue weighted by Gasteiger charge is -2.35. The molecule has 0 aromatic heterocycles. The molecule has 7 nitrogen and oxygen atoms in total. The van der Waals surface area contributed by atoms with Gasteiger partial charge in [-0.25, -0.2) is 4.99 Å². The summed E-state index contributed by atoms with van der Waals surface area (Å²) in [5.41, 5.74) is 7.03. The first kappa shape index (κ1) is 13.2. The summed E-state index contributed by atoms with van der Waals surface area (Å²) in [6.45, 7) is 1.96. The van der Waals surface area contributed by atoms with Crippen molar-refractivity contribution in [3.05, 3.63) is 23.8 Å². The minimum atomic E-state index is -0.191. The molecule has 1 aromatic rings. The van der Waals surface area contributed by atoms with Crippen LogP contribution in [0.15, 0.2) is 28.2 Å². The Morgan fingerprint density at radius 3 is 3.09 bits per heavy atom. The first-order chi connectivity index (χ1) is 11.2. The van der Waals surface area contributed by atoms with Crippen molar-refractivity contribution in [1.29, 1.82) is 0 Å². The average Bonchev–Trinajstić information content (AvgIpc) is 3.27. The molecule has 4 unspecified atom stereocenters. The zero-order chi connectivity index (χ0) is 15.6. The van der Waals surface area contributed by atoms with E-state index in [1.807, 2.05) is 18.2 Å². The summed E-state index contributed by atoms with van der Waals surface area (Å²) in [5, 5.41) is 3.51. The number of hydrogen-bond donors (Lipinski definition) is 2. The van der Waals surface area contributed by atoms with Crippen LogP contribution in [0.2, 0.25) is 0 Å². The van der Waals surface area contributed by atoms with Gasteiger partial charge in [0.2, 0.25) is 5.96 Å². The molecular weight excluding hydrogens is 294 g/mol. The van der Waals surface area contributed by atoms with Crippen LogP contribution in [0.3, 0.4) is 0 Å². The van der Waals surface area contributed by atoms with Gasteiger partial charge in [-0.15, -0.1) is 0 Å². The Balaban J connectivity index is 1.53. The Hall–Kier alpha value is -2.28. The second kappa shape index (κ2) is 4.61. The third-order valence-corrected chi connectivity index (χ3v) is 5.18. The van der Waals surface area contributed by atoms with E-state index in [0.29, 0.717) is 18.0 Å². The zero-order valence-electron chi connectivity index (χ0n) is 12.9. The monoisotopic (exact) mass is 313 g/mol. The molecule has 120 valence electrons. The van der Waals surface area contributed by atoms with Crippen LogP contribution in [0, 0.1) is 0 Å². The van der Waals surface area contributed by atoms with Gasteiger partial charge in [0.25, 0.3) is 0 Å². The lowest BCUT2D eigenvalue weighted by atomic mass is 10.0. The van der Waals surface area contributed by atoms with Crippen LogP contribution in [-0.2, 0) is 0 Å². The highest BCUT2D eigenvalue weighted by Gasteiger charge is 2.47. The van der Waals surface area contributed by atoms with E-state index < -0.39 is 0 Å². The van der Waals surface area contributed by atoms with Gasteiger partial charge in [-0.2, -0.15) is 4.99 Å². The molecule has 0 amide bonds. The van der Waals surface area contributed by atoms with Crippen molar-refractivity contribution in [1.82, 2.24) is 10.2 Å². The summed E-state index contributed by atoms with van der Waals surface area (Å²) in [6, 6.07) is 6.71. The van der Waals surface area contributed by atoms with Crippen molar-refractivity contribution in [2.24, 2.45) is 15.7 Å². The molecule has 0 saturated carbocycles. The normalized spacial score (nSPS) is 33.7. The van der Waals surface area contributed by atoms with E-state index in [9.17, 15) is 0 Å². The van der Waals surface area contributed by atoms with Crippen LogP contribution in [0.25, 0.3) is 0 Å². The molecule has 4 aliphatic heterocycles. The number of nitrogens with one attached hydrogen (secondary N) is 1. The molecular formula is C16H19N5O2. The van der Waals surface area contributed by atoms with E-state index in [1.165, 1.54) is 0 Å². The molecule has 2 fully saturated rings. The Bertz CT molecular complexity index is 731. The third-order valence-electron chi connectivity index (χ3n) is 5.18. The van der Waals surface area contributed by atoms with Crippen LogP contribution in [0.5, 0.6) is 11.5 Å². The van der Waals surface area contributed by atoms with Crippen molar-refractivity contribution >= 4 is 11.8 Å². The van der Waals surface area contributed by atoms with Crippen molar-refractivity contribution in [2.75, 3.05) is 20.2 Å². The predicted molar refractivity (Wildman–Crippen MR) is 86.1 cm³/mol. The highest BCUT2D eigenvalue weighted by atomic mass is 16.5. The number of nitrogens with two attached hydrogens (primary N) is 1. The topological polar surface area (TPSA) is 84.5 Å². The fraction of sp³-hybridized carbons (Fsp3) is 0.500. The van der Waals surface area contributed by atoms with Crippen molar-refractivity contribution in [3.63, 3.8) is 0 Å².